The summed E-state index contributed by atoms with van der Waals surface area (Å²) in [7, 11) is 0. The van der Waals surface area contributed by atoms with E-state index in [0.717, 1.165) is 0 Å². The SMILES string of the molecule is O=C(NCCO)c1cccc(Oc2ccc([N+](=O)[O-])c3cnccc23)c1. The molecule has 3 aromatic rings. The second kappa shape index (κ2) is 7.58. The number of nitrogens with one attached hydrogen (secondary N) is 1. The quantitative estimate of drug-likeness (QED) is 0.520. The topological polar surface area (TPSA) is 115 Å². The Hall–Kier alpha value is -3.52. The number of aromatic nitrogens is 1. The summed E-state index contributed by atoms with van der Waals surface area (Å²) < 4.78 is 5.84. The maximum Gasteiger partial charge on any atom is 0.279 e. The Morgan fingerprint density at radius 1 is 1.23 bits per heavy atom. The van der Waals surface area contributed by atoms with Crippen LogP contribution in [0.2, 0.25) is 0 Å². The molecule has 1 amide bonds. The lowest BCUT2D eigenvalue weighted by atomic mass is 10.1. The van der Waals surface area contributed by atoms with Crippen LogP contribution in [0.1, 0.15) is 10.4 Å². The number of ether oxygens (including phenoxy) is 1. The fourth-order valence-electron chi connectivity index (χ4n) is 2.50. The van der Waals surface area contributed by atoms with Gasteiger partial charge in [0, 0.05) is 36.0 Å². The van der Waals surface area contributed by atoms with E-state index in [2.05, 4.69) is 10.3 Å². The molecule has 0 unspecified atom stereocenters. The molecule has 0 aliphatic carbocycles. The Morgan fingerprint density at radius 3 is 2.85 bits per heavy atom. The van der Waals surface area contributed by atoms with Gasteiger partial charge in [0.05, 0.1) is 16.9 Å². The molecule has 2 N–H and O–H groups in total. The van der Waals surface area contributed by atoms with E-state index in [9.17, 15) is 14.9 Å². The Labute approximate surface area is 148 Å². The van der Waals surface area contributed by atoms with Crippen molar-refractivity contribution >= 4 is 22.4 Å². The van der Waals surface area contributed by atoms with E-state index in [1.54, 1.807) is 30.3 Å². The highest BCUT2D eigenvalue weighted by molar-refractivity contribution is 5.95. The number of nitro groups is 1. The van der Waals surface area contributed by atoms with Crippen molar-refractivity contribution in [2.75, 3.05) is 13.2 Å². The monoisotopic (exact) mass is 353 g/mol. The number of nitro benzene ring substituents is 1. The average Bonchev–Trinajstić information content (AvgIpc) is 2.66. The molecule has 0 saturated carbocycles. The second-order valence-corrected chi connectivity index (χ2v) is 5.37. The van der Waals surface area contributed by atoms with Crippen molar-refractivity contribution in [2.24, 2.45) is 0 Å². The third-order valence-corrected chi connectivity index (χ3v) is 3.67. The van der Waals surface area contributed by atoms with Gasteiger partial charge in [0.1, 0.15) is 11.5 Å². The first-order valence-electron chi connectivity index (χ1n) is 7.78. The molecule has 0 radical (unpaired) electrons. The van der Waals surface area contributed by atoms with Crippen molar-refractivity contribution in [2.45, 2.75) is 0 Å². The van der Waals surface area contributed by atoms with Crippen molar-refractivity contribution in [3.63, 3.8) is 0 Å². The van der Waals surface area contributed by atoms with Crippen LogP contribution in [0.15, 0.2) is 54.9 Å². The number of benzene rings is 2. The third-order valence-electron chi connectivity index (χ3n) is 3.67. The predicted octanol–water partition coefficient (Wildman–Crippen LogP) is 2.66. The predicted molar refractivity (Wildman–Crippen MR) is 94.3 cm³/mol. The van der Waals surface area contributed by atoms with Gasteiger partial charge in [-0.05, 0) is 30.3 Å². The lowest BCUT2D eigenvalue weighted by molar-refractivity contribution is -0.383. The first-order valence-corrected chi connectivity index (χ1v) is 7.78. The van der Waals surface area contributed by atoms with Gasteiger partial charge >= 0.3 is 0 Å². The summed E-state index contributed by atoms with van der Waals surface area (Å²) in [5.41, 5.74) is 0.321. The van der Waals surface area contributed by atoms with Crippen LogP contribution in [0, 0.1) is 10.1 Å². The highest BCUT2D eigenvalue weighted by Gasteiger charge is 2.16. The van der Waals surface area contributed by atoms with E-state index in [0.29, 0.717) is 27.8 Å². The lowest BCUT2D eigenvalue weighted by Crippen LogP contribution is -2.26. The zero-order chi connectivity index (χ0) is 18.5. The first-order chi connectivity index (χ1) is 12.6. The smallest absolute Gasteiger partial charge is 0.279 e. The van der Waals surface area contributed by atoms with E-state index in [4.69, 9.17) is 9.84 Å². The van der Waals surface area contributed by atoms with Crippen molar-refractivity contribution in [3.05, 3.63) is 70.5 Å². The molecule has 2 aromatic carbocycles. The minimum Gasteiger partial charge on any atom is -0.457 e. The number of hydrogen-bond donors (Lipinski definition) is 2. The Kier molecular flexibility index (Phi) is 5.04. The number of nitrogens with zero attached hydrogens (tertiary/aromatic N) is 2. The fraction of sp³-hybridized carbons (Fsp3) is 0.111. The number of aliphatic hydroxyl groups is 1. The largest absolute Gasteiger partial charge is 0.457 e. The van der Waals surface area contributed by atoms with Gasteiger partial charge in [-0.15, -0.1) is 0 Å². The number of rotatable bonds is 6. The number of pyridine rings is 1. The number of carbonyl (C=O) groups excluding carboxylic acids is 1. The summed E-state index contributed by atoms with van der Waals surface area (Å²) in [4.78, 5) is 26.6. The molecule has 0 saturated heterocycles. The van der Waals surface area contributed by atoms with Gasteiger partial charge in [-0.3, -0.25) is 19.9 Å². The third kappa shape index (κ3) is 3.60. The number of non-ortho nitro benzene ring substituents is 1. The Morgan fingerprint density at radius 2 is 2.08 bits per heavy atom. The molecule has 0 atom stereocenters. The number of hydrogen-bond acceptors (Lipinski definition) is 6. The molecular formula is C18H15N3O5. The minimum absolute atomic E-state index is 0.0578. The van der Waals surface area contributed by atoms with Gasteiger partial charge in [0.25, 0.3) is 11.6 Å². The van der Waals surface area contributed by atoms with Crippen LogP contribution in [0.4, 0.5) is 5.69 Å². The zero-order valence-corrected chi connectivity index (χ0v) is 13.6. The van der Waals surface area contributed by atoms with E-state index < -0.39 is 4.92 Å². The standard InChI is InChI=1S/C18H15N3O5/c22-9-8-20-18(23)12-2-1-3-13(10-12)26-17-5-4-16(21(24)25)15-11-19-7-6-14(15)17/h1-7,10-11,22H,8-9H2,(H,20,23). The average molecular weight is 353 g/mol. The number of amides is 1. The Bertz CT molecular complexity index is 974. The van der Waals surface area contributed by atoms with E-state index in [-0.39, 0.29) is 24.7 Å². The summed E-state index contributed by atoms with van der Waals surface area (Å²) >= 11 is 0. The van der Waals surface area contributed by atoms with Crippen LogP contribution in [-0.2, 0) is 0 Å². The molecule has 8 nitrogen and oxygen atoms in total. The van der Waals surface area contributed by atoms with Crippen molar-refractivity contribution in [3.8, 4) is 11.5 Å². The minimum atomic E-state index is -0.472. The zero-order valence-electron chi connectivity index (χ0n) is 13.6. The normalized spacial score (nSPS) is 10.5. The second-order valence-electron chi connectivity index (χ2n) is 5.37. The van der Waals surface area contributed by atoms with E-state index in [1.165, 1.54) is 24.5 Å². The summed E-state index contributed by atoms with van der Waals surface area (Å²) in [5, 5.41) is 23.4. The molecule has 8 heteroatoms. The van der Waals surface area contributed by atoms with E-state index >= 15 is 0 Å². The molecule has 3 rings (SSSR count). The highest BCUT2D eigenvalue weighted by Crippen LogP contribution is 2.34. The van der Waals surface area contributed by atoms with Gasteiger partial charge in [0.2, 0.25) is 0 Å². The summed E-state index contributed by atoms with van der Waals surface area (Å²) in [6, 6.07) is 11.0. The van der Waals surface area contributed by atoms with Crippen LogP contribution in [0.5, 0.6) is 11.5 Å². The fourth-order valence-corrected chi connectivity index (χ4v) is 2.50. The number of carbonyl (C=O) groups is 1. The molecule has 0 aliphatic heterocycles. The molecule has 132 valence electrons. The molecule has 0 bridgehead atoms. The van der Waals surface area contributed by atoms with Crippen LogP contribution in [0.25, 0.3) is 10.8 Å². The number of fused-ring (bicyclic) bond motifs is 1. The molecule has 0 spiro atoms. The molecular weight excluding hydrogens is 338 g/mol. The van der Waals surface area contributed by atoms with Crippen molar-refractivity contribution < 1.29 is 19.6 Å². The van der Waals surface area contributed by atoms with Gasteiger partial charge in [-0.2, -0.15) is 0 Å². The number of aliphatic hydroxyl groups excluding tert-OH is 1. The van der Waals surface area contributed by atoms with Crippen molar-refractivity contribution in [1.82, 2.24) is 10.3 Å². The molecule has 1 heterocycles. The highest BCUT2D eigenvalue weighted by atomic mass is 16.6. The lowest BCUT2D eigenvalue weighted by Gasteiger charge is -2.10. The van der Waals surface area contributed by atoms with Gasteiger partial charge in [-0.25, -0.2) is 0 Å². The summed E-state index contributed by atoms with van der Waals surface area (Å²) in [6.45, 7) is 0.00859. The summed E-state index contributed by atoms with van der Waals surface area (Å²) in [5.74, 6) is 0.497. The molecule has 26 heavy (non-hydrogen) atoms. The Balaban J connectivity index is 1.94. The maximum absolute atomic E-state index is 12.0. The first kappa shape index (κ1) is 17.3. The van der Waals surface area contributed by atoms with E-state index in [1.807, 2.05) is 0 Å². The maximum atomic E-state index is 12.0. The van der Waals surface area contributed by atoms with Gasteiger partial charge in [-0.1, -0.05) is 6.07 Å². The molecule has 0 fully saturated rings. The van der Waals surface area contributed by atoms with Crippen molar-refractivity contribution in [1.29, 1.82) is 0 Å². The molecule has 0 aliphatic rings. The molecule has 1 aromatic heterocycles. The summed E-state index contributed by atoms with van der Waals surface area (Å²) in [6.07, 6.45) is 2.94. The van der Waals surface area contributed by atoms with Crippen LogP contribution in [-0.4, -0.2) is 34.1 Å². The van der Waals surface area contributed by atoms with Crippen LogP contribution >= 0.6 is 0 Å². The van der Waals surface area contributed by atoms with Gasteiger partial charge < -0.3 is 15.2 Å². The van der Waals surface area contributed by atoms with Crippen LogP contribution in [0.3, 0.4) is 0 Å². The van der Waals surface area contributed by atoms with Gasteiger partial charge in [0.15, 0.2) is 0 Å². The van der Waals surface area contributed by atoms with Crippen LogP contribution < -0.4 is 10.1 Å².